The maximum Gasteiger partial charge on any atom is 0.0750 e. The smallest absolute Gasteiger partial charge is 0.0750 e. The first-order chi connectivity index (χ1) is 6.59. The summed E-state index contributed by atoms with van der Waals surface area (Å²) in [6.07, 6.45) is 6.43. The van der Waals surface area contributed by atoms with Gasteiger partial charge in [-0.1, -0.05) is 32.4 Å². The summed E-state index contributed by atoms with van der Waals surface area (Å²) < 4.78 is 6.30. The van der Waals surface area contributed by atoms with Crippen molar-refractivity contribution in [1.82, 2.24) is 0 Å². The van der Waals surface area contributed by atoms with Crippen molar-refractivity contribution in [3.8, 4) is 0 Å². The summed E-state index contributed by atoms with van der Waals surface area (Å²) in [5.41, 5.74) is 1.73. The second-order valence-corrected chi connectivity index (χ2v) is 5.25. The molecule has 0 spiro atoms. The quantitative estimate of drug-likeness (QED) is 0.611. The average Bonchev–Trinajstić information content (AvgIpc) is 2.49. The molecule has 0 radical (unpaired) electrons. The molecule has 2 bridgehead atoms. The third kappa shape index (κ3) is 1.33. The van der Waals surface area contributed by atoms with Crippen LogP contribution in [0.2, 0.25) is 0 Å². The Morgan fingerprint density at radius 2 is 2.29 bits per heavy atom. The van der Waals surface area contributed by atoms with Gasteiger partial charge < -0.3 is 4.74 Å². The van der Waals surface area contributed by atoms with Gasteiger partial charge in [0.2, 0.25) is 0 Å². The Kier molecular flexibility index (Phi) is 2.46. The van der Waals surface area contributed by atoms with Crippen LogP contribution in [0, 0.1) is 11.8 Å². The predicted octanol–water partition coefficient (Wildman–Crippen LogP) is 3.55. The minimum atomic E-state index is 0.171. The molecule has 2 rings (SSSR count). The van der Waals surface area contributed by atoms with Crippen LogP contribution in [0.5, 0.6) is 0 Å². The zero-order valence-corrected chi connectivity index (χ0v) is 9.84. The van der Waals surface area contributed by atoms with Crippen LogP contribution in [0.1, 0.15) is 47.0 Å². The molecule has 80 valence electrons. The van der Waals surface area contributed by atoms with E-state index in [0.29, 0.717) is 17.9 Å². The number of ether oxygens (including phenoxy) is 1. The van der Waals surface area contributed by atoms with Gasteiger partial charge in [-0.2, -0.15) is 0 Å². The third-order valence-corrected chi connectivity index (χ3v) is 4.21. The van der Waals surface area contributed by atoms with Crippen molar-refractivity contribution in [1.29, 1.82) is 0 Å². The molecule has 0 aromatic carbocycles. The molecular weight excluding hydrogens is 172 g/mol. The summed E-state index contributed by atoms with van der Waals surface area (Å²) >= 11 is 0. The molecular formula is C13H22O. The number of hydrogen-bond acceptors (Lipinski definition) is 1. The molecule has 0 aromatic heterocycles. The highest BCUT2D eigenvalue weighted by molar-refractivity contribution is 5.19. The highest BCUT2D eigenvalue weighted by Gasteiger charge is 2.49. The lowest BCUT2D eigenvalue weighted by Gasteiger charge is -2.34. The zero-order chi connectivity index (χ0) is 10.3. The van der Waals surface area contributed by atoms with Gasteiger partial charge in [0.15, 0.2) is 0 Å². The normalized spacial score (nSPS) is 41.6. The first-order valence-corrected chi connectivity index (χ1v) is 5.93. The lowest BCUT2D eigenvalue weighted by atomic mass is 9.74. The molecule has 0 unspecified atom stereocenters. The van der Waals surface area contributed by atoms with Gasteiger partial charge in [-0.3, -0.25) is 0 Å². The summed E-state index contributed by atoms with van der Waals surface area (Å²) in [7, 11) is 0. The molecule has 1 saturated heterocycles. The Labute approximate surface area is 87.5 Å². The van der Waals surface area contributed by atoms with Crippen LogP contribution in [0.3, 0.4) is 0 Å². The fraction of sp³-hybridized carbons (Fsp3) is 0.846. The summed E-state index contributed by atoms with van der Waals surface area (Å²) in [6, 6.07) is 0. The monoisotopic (exact) mass is 194 g/mol. The summed E-state index contributed by atoms with van der Waals surface area (Å²) in [4.78, 5) is 0. The lowest BCUT2D eigenvalue weighted by Crippen LogP contribution is -2.35. The van der Waals surface area contributed by atoms with Gasteiger partial charge in [0, 0.05) is 5.92 Å². The summed E-state index contributed by atoms with van der Waals surface area (Å²) in [5, 5.41) is 0. The Morgan fingerprint density at radius 1 is 1.57 bits per heavy atom. The van der Waals surface area contributed by atoms with E-state index in [1.165, 1.54) is 6.42 Å². The van der Waals surface area contributed by atoms with Gasteiger partial charge >= 0.3 is 0 Å². The van der Waals surface area contributed by atoms with Crippen molar-refractivity contribution < 1.29 is 4.74 Å². The van der Waals surface area contributed by atoms with Crippen molar-refractivity contribution >= 4 is 0 Å². The van der Waals surface area contributed by atoms with Crippen LogP contribution in [-0.2, 0) is 4.74 Å². The van der Waals surface area contributed by atoms with E-state index in [2.05, 4.69) is 33.8 Å². The Morgan fingerprint density at radius 3 is 2.86 bits per heavy atom. The minimum Gasteiger partial charge on any atom is -0.371 e. The first-order valence-electron chi connectivity index (χ1n) is 5.93. The first kappa shape index (κ1) is 10.2. The van der Waals surface area contributed by atoms with Crippen LogP contribution in [0.4, 0.5) is 0 Å². The summed E-state index contributed by atoms with van der Waals surface area (Å²) in [6.45, 7) is 9.10. The van der Waals surface area contributed by atoms with Crippen molar-refractivity contribution in [2.24, 2.45) is 11.8 Å². The van der Waals surface area contributed by atoms with E-state index >= 15 is 0 Å². The van der Waals surface area contributed by atoms with Gasteiger partial charge in [-0.25, -0.2) is 0 Å². The van der Waals surface area contributed by atoms with Crippen LogP contribution in [-0.4, -0.2) is 11.7 Å². The third-order valence-electron chi connectivity index (χ3n) is 4.21. The van der Waals surface area contributed by atoms with Gasteiger partial charge in [0.1, 0.15) is 0 Å². The van der Waals surface area contributed by atoms with Crippen molar-refractivity contribution in [2.45, 2.75) is 58.7 Å². The Bertz CT molecular complexity index is 254. The van der Waals surface area contributed by atoms with Crippen LogP contribution in [0.15, 0.2) is 11.6 Å². The molecule has 0 aromatic rings. The maximum absolute atomic E-state index is 6.30. The van der Waals surface area contributed by atoms with Crippen LogP contribution >= 0.6 is 0 Å². The van der Waals surface area contributed by atoms with Crippen molar-refractivity contribution in [2.75, 3.05) is 0 Å². The molecule has 1 aliphatic carbocycles. The van der Waals surface area contributed by atoms with Gasteiger partial charge in [0.05, 0.1) is 11.7 Å². The predicted molar refractivity (Wildman–Crippen MR) is 59.2 cm³/mol. The van der Waals surface area contributed by atoms with E-state index in [9.17, 15) is 0 Å². The standard InChI is InChI=1S/C13H22O/c1-5-12-11-8-13(14-12,9(2)3)7-6-10(11)4/h6,9,11-12H,5,7-8H2,1-4H3/t11-,12+,13-/m1/s1. The Hall–Kier alpha value is -0.300. The summed E-state index contributed by atoms with van der Waals surface area (Å²) in [5.74, 6) is 1.35. The highest BCUT2D eigenvalue weighted by atomic mass is 16.5. The van der Waals surface area contributed by atoms with E-state index in [4.69, 9.17) is 4.74 Å². The van der Waals surface area contributed by atoms with E-state index in [1.807, 2.05) is 0 Å². The highest BCUT2D eigenvalue weighted by Crippen LogP contribution is 2.49. The number of rotatable bonds is 2. The average molecular weight is 194 g/mol. The number of fused-ring (bicyclic) bond motifs is 2. The fourth-order valence-electron chi connectivity index (χ4n) is 2.98. The van der Waals surface area contributed by atoms with E-state index in [1.54, 1.807) is 5.57 Å². The number of hydrogen-bond donors (Lipinski definition) is 0. The topological polar surface area (TPSA) is 9.23 Å². The van der Waals surface area contributed by atoms with Crippen LogP contribution < -0.4 is 0 Å². The molecule has 3 atom stereocenters. The molecule has 14 heavy (non-hydrogen) atoms. The van der Waals surface area contributed by atoms with E-state index in [-0.39, 0.29) is 5.60 Å². The Balaban J connectivity index is 2.27. The van der Waals surface area contributed by atoms with E-state index in [0.717, 1.165) is 12.8 Å². The molecule has 1 aliphatic heterocycles. The van der Waals surface area contributed by atoms with Gasteiger partial charge in [-0.15, -0.1) is 0 Å². The van der Waals surface area contributed by atoms with Gasteiger partial charge in [-0.05, 0) is 32.1 Å². The second kappa shape index (κ2) is 3.37. The zero-order valence-electron chi connectivity index (χ0n) is 9.84. The second-order valence-electron chi connectivity index (χ2n) is 5.25. The molecule has 1 fully saturated rings. The lowest BCUT2D eigenvalue weighted by molar-refractivity contribution is -0.0699. The molecule has 1 heterocycles. The fourth-order valence-corrected chi connectivity index (χ4v) is 2.98. The molecule has 0 amide bonds. The SMILES string of the molecule is CC[C@@H]1O[C@]2(C(C)C)CC=C(C)[C@H]1C2. The molecule has 2 aliphatic rings. The maximum atomic E-state index is 6.30. The minimum absolute atomic E-state index is 0.171. The van der Waals surface area contributed by atoms with Crippen molar-refractivity contribution in [3.05, 3.63) is 11.6 Å². The van der Waals surface area contributed by atoms with Crippen LogP contribution in [0.25, 0.3) is 0 Å². The molecule has 0 saturated carbocycles. The van der Waals surface area contributed by atoms with Crippen molar-refractivity contribution in [3.63, 3.8) is 0 Å². The molecule has 1 heteroatoms. The molecule has 0 N–H and O–H groups in total. The van der Waals surface area contributed by atoms with Gasteiger partial charge in [0.25, 0.3) is 0 Å². The largest absolute Gasteiger partial charge is 0.371 e. The molecule has 1 nitrogen and oxygen atoms in total. The van der Waals surface area contributed by atoms with E-state index < -0.39 is 0 Å².